The third-order valence-electron chi connectivity index (χ3n) is 2.91. The standard InChI is InChI=1S/C14H14F2N2O/c1-3-13-11(6-8(2)17-18-13)14(19)10-5-4-9(15)7-12(10)16/h4-7,14,19H,3H2,1-2H3. The Balaban J connectivity index is 2.49. The number of aromatic nitrogens is 2. The predicted molar refractivity (Wildman–Crippen MR) is 66.6 cm³/mol. The molecule has 1 atom stereocenters. The quantitative estimate of drug-likeness (QED) is 0.927. The minimum atomic E-state index is -1.18. The molecule has 2 rings (SSSR count). The molecule has 1 N–H and O–H groups in total. The molecule has 0 radical (unpaired) electrons. The van der Waals surface area contributed by atoms with Crippen molar-refractivity contribution < 1.29 is 13.9 Å². The van der Waals surface area contributed by atoms with E-state index in [0.29, 0.717) is 23.4 Å². The molecule has 0 bridgehead atoms. The van der Waals surface area contributed by atoms with Gasteiger partial charge in [0.25, 0.3) is 0 Å². The Morgan fingerprint density at radius 2 is 1.89 bits per heavy atom. The van der Waals surface area contributed by atoms with Gasteiger partial charge in [-0.05, 0) is 25.5 Å². The molecular formula is C14H14F2N2O. The lowest BCUT2D eigenvalue weighted by Crippen LogP contribution is -2.09. The maximum Gasteiger partial charge on any atom is 0.132 e. The van der Waals surface area contributed by atoms with E-state index in [-0.39, 0.29) is 5.56 Å². The second kappa shape index (κ2) is 5.40. The summed E-state index contributed by atoms with van der Waals surface area (Å²) in [6, 6.07) is 4.78. The monoisotopic (exact) mass is 264 g/mol. The molecule has 2 aromatic rings. The van der Waals surface area contributed by atoms with Gasteiger partial charge in [0.2, 0.25) is 0 Å². The van der Waals surface area contributed by atoms with Gasteiger partial charge in [-0.3, -0.25) is 0 Å². The molecule has 0 aliphatic heterocycles. The summed E-state index contributed by atoms with van der Waals surface area (Å²) >= 11 is 0. The van der Waals surface area contributed by atoms with Crippen LogP contribution in [0.4, 0.5) is 8.78 Å². The molecule has 0 aliphatic carbocycles. The van der Waals surface area contributed by atoms with Gasteiger partial charge in [-0.15, -0.1) is 0 Å². The van der Waals surface area contributed by atoms with Crippen LogP contribution in [0, 0.1) is 18.6 Å². The predicted octanol–water partition coefficient (Wildman–Crippen LogP) is 2.71. The van der Waals surface area contributed by atoms with Crippen LogP contribution in [0.3, 0.4) is 0 Å². The molecule has 1 heterocycles. The lowest BCUT2D eigenvalue weighted by atomic mass is 9.98. The Hall–Kier alpha value is -1.88. The van der Waals surface area contributed by atoms with E-state index in [4.69, 9.17) is 0 Å². The van der Waals surface area contributed by atoms with Gasteiger partial charge in [-0.25, -0.2) is 8.78 Å². The molecule has 0 fully saturated rings. The van der Waals surface area contributed by atoms with Crippen molar-refractivity contribution in [3.05, 3.63) is 58.4 Å². The van der Waals surface area contributed by atoms with Gasteiger partial charge in [0.05, 0.1) is 11.4 Å². The summed E-state index contributed by atoms with van der Waals surface area (Å²) in [5, 5.41) is 18.2. The Labute approximate surface area is 109 Å². The van der Waals surface area contributed by atoms with Gasteiger partial charge in [-0.2, -0.15) is 10.2 Å². The van der Waals surface area contributed by atoms with Crippen LogP contribution in [0.15, 0.2) is 24.3 Å². The summed E-state index contributed by atoms with van der Waals surface area (Å²) < 4.78 is 26.6. The minimum Gasteiger partial charge on any atom is -0.383 e. The van der Waals surface area contributed by atoms with Crippen molar-refractivity contribution in [3.63, 3.8) is 0 Å². The smallest absolute Gasteiger partial charge is 0.132 e. The summed E-state index contributed by atoms with van der Waals surface area (Å²) in [4.78, 5) is 0. The Bertz CT molecular complexity index is 602. The van der Waals surface area contributed by atoms with Crippen molar-refractivity contribution in [1.29, 1.82) is 0 Å². The van der Waals surface area contributed by atoms with Crippen LogP contribution >= 0.6 is 0 Å². The molecular weight excluding hydrogens is 250 g/mol. The Morgan fingerprint density at radius 1 is 1.16 bits per heavy atom. The van der Waals surface area contributed by atoms with Crippen LogP contribution in [-0.4, -0.2) is 15.3 Å². The van der Waals surface area contributed by atoms with Crippen molar-refractivity contribution in [2.45, 2.75) is 26.4 Å². The van der Waals surface area contributed by atoms with Crippen LogP contribution in [0.2, 0.25) is 0 Å². The van der Waals surface area contributed by atoms with Crippen LogP contribution in [0.5, 0.6) is 0 Å². The van der Waals surface area contributed by atoms with Crippen LogP contribution in [0.1, 0.15) is 35.5 Å². The average Bonchev–Trinajstić information content (AvgIpc) is 2.38. The van der Waals surface area contributed by atoms with Gasteiger partial charge in [0.15, 0.2) is 0 Å². The Kier molecular flexibility index (Phi) is 3.85. The van der Waals surface area contributed by atoms with Gasteiger partial charge in [0.1, 0.15) is 17.7 Å². The number of nitrogens with zero attached hydrogens (tertiary/aromatic N) is 2. The first-order chi connectivity index (χ1) is 9.02. The minimum absolute atomic E-state index is 0.0310. The topological polar surface area (TPSA) is 46.0 Å². The summed E-state index contributed by atoms with van der Waals surface area (Å²) in [6.45, 7) is 3.61. The van der Waals surface area contributed by atoms with E-state index in [0.717, 1.165) is 12.1 Å². The summed E-state index contributed by atoms with van der Waals surface area (Å²) in [7, 11) is 0. The van der Waals surface area contributed by atoms with E-state index >= 15 is 0 Å². The highest BCUT2D eigenvalue weighted by Gasteiger charge is 2.19. The van der Waals surface area contributed by atoms with E-state index in [1.807, 2.05) is 6.92 Å². The normalized spacial score (nSPS) is 12.5. The van der Waals surface area contributed by atoms with E-state index in [2.05, 4.69) is 10.2 Å². The molecule has 0 saturated heterocycles. The summed E-state index contributed by atoms with van der Waals surface area (Å²) in [5.41, 5.74) is 1.76. The third-order valence-corrected chi connectivity index (χ3v) is 2.91. The van der Waals surface area contributed by atoms with E-state index in [9.17, 15) is 13.9 Å². The highest BCUT2D eigenvalue weighted by molar-refractivity contribution is 5.33. The maximum absolute atomic E-state index is 13.7. The fourth-order valence-corrected chi connectivity index (χ4v) is 1.94. The van der Waals surface area contributed by atoms with E-state index < -0.39 is 17.7 Å². The first-order valence-corrected chi connectivity index (χ1v) is 5.99. The number of aliphatic hydroxyl groups excluding tert-OH is 1. The number of halogens is 2. The molecule has 5 heteroatoms. The van der Waals surface area contributed by atoms with Crippen molar-refractivity contribution >= 4 is 0 Å². The molecule has 19 heavy (non-hydrogen) atoms. The SMILES string of the molecule is CCc1nnc(C)cc1C(O)c1ccc(F)cc1F. The number of hydrogen-bond acceptors (Lipinski definition) is 3. The average molecular weight is 264 g/mol. The van der Waals surface area contributed by atoms with Crippen LogP contribution in [-0.2, 0) is 6.42 Å². The summed E-state index contributed by atoms with van der Waals surface area (Å²) in [5.74, 6) is -1.45. The number of benzene rings is 1. The lowest BCUT2D eigenvalue weighted by Gasteiger charge is -2.15. The Morgan fingerprint density at radius 3 is 2.53 bits per heavy atom. The third kappa shape index (κ3) is 2.76. The van der Waals surface area contributed by atoms with Crippen LogP contribution < -0.4 is 0 Å². The highest BCUT2D eigenvalue weighted by atomic mass is 19.1. The van der Waals surface area contributed by atoms with Gasteiger partial charge < -0.3 is 5.11 Å². The second-order valence-corrected chi connectivity index (χ2v) is 4.31. The summed E-state index contributed by atoms with van der Waals surface area (Å²) in [6.07, 6.45) is -0.604. The number of aliphatic hydroxyl groups is 1. The fraction of sp³-hybridized carbons (Fsp3) is 0.286. The number of rotatable bonds is 3. The molecule has 3 nitrogen and oxygen atoms in total. The molecule has 0 saturated carbocycles. The van der Waals surface area contributed by atoms with Crippen molar-refractivity contribution in [3.8, 4) is 0 Å². The number of hydrogen-bond donors (Lipinski definition) is 1. The zero-order chi connectivity index (χ0) is 14.0. The zero-order valence-corrected chi connectivity index (χ0v) is 10.7. The first-order valence-electron chi connectivity index (χ1n) is 5.99. The van der Waals surface area contributed by atoms with Crippen LogP contribution in [0.25, 0.3) is 0 Å². The largest absolute Gasteiger partial charge is 0.383 e. The lowest BCUT2D eigenvalue weighted by molar-refractivity contribution is 0.212. The van der Waals surface area contributed by atoms with Gasteiger partial charge in [0, 0.05) is 17.2 Å². The zero-order valence-electron chi connectivity index (χ0n) is 10.7. The highest BCUT2D eigenvalue weighted by Crippen LogP contribution is 2.27. The number of aryl methyl sites for hydroxylation is 2. The maximum atomic E-state index is 13.7. The van der Waals surface area contributed by atoms with Gasteiger partial charge >= 0.3 is 0 Å². The van der Waals surface area contributed by atoms with Crippen molar-refractivity contribution in [2.24, 2.45) is 0 Å². The van der Waals surface area contributed by atoms with Crippen molar-refractivity contribution in [2.75, 3.05) is 0 Å². The van der Waals surface area contributed by atoms with Crippen molar-refractivity contribution in [1.82, 2.24) is 10.2 Å². The molecule has 1 unspecified atom stereocenters. The van der Waals surface area contributed by atoms with E-state index in [1.54, 1.807) is 13.0 Å². The fourth-order valence-electron chi connectivity index (χ4n) is 1.94. The molecule has 0 aliphatic rings. The molecule has 100 valence electrons. The van der Waals surface area contributed by atoms with Gasteiger partial charge in [-0.1, -0.05) is 13.0 Å². The first kappa shape index (κ1) is 13.5. The molecule has 1 aromatic carbocycles. The molecule has 1 aromatic heterocycles. The molecule has 0 spiro atoms. The second-order valence-electron chi connectivity index (χ2n) is 4.31. The molecule has 0 amide bonds. The van der Waals surface area contributed by atoms with E-state index in [1.165, 1.54) is 6.07 Å².